The second-order valence-corrected chi connectivity index (χ2v) is 6.58. The molecule has 1 aromatic heterocycles. The van der Waals surface area contributed by atoms with E-state index in [1.807, 2.05) is 4.57 Å². The number of nitrogens with zero attached hydrogens (tertiary/aromatic N) is 4. The number of guanidine groups is 1. The first-order valence-electron chi connectivity index (χ1n) is 9.84. The van der Waals surface area contributed by atoms with Crippen molar-refractivity contribution in [3.8, 4) is 0 Å². The van der Waals surface area contributed by atoms with Gasteiger partial charge in [0, 0.05) is 32.8 Å². The largest absolute Gasteiger partial charge is 0.378 e. The van der Waals surface area contributed by atoms with Crippen LogP contribution in [0.5, 0.6) is 0 Å². The predicted molar refractivity (Wildman–Crippen MR) is 116 cm³/mol. The first-order valence-corrected chi connectivity index (χ1v) is 9.84. The van der Waals surface area contributed by atoms with Crippen molar-refractivity contribution in [3.05, 3.63) is 12.7 Å². The van der Waals surface area contributed by atoms with Gasteiger partial charge >= 0.3 is 0 Å². The molecule has 2 N–H and O–H groups in total. The van der Waals surface area contributed by atoms with E-state index in [-0.39, 0.29) is 24.0 Å². The third-order valence-electron chi connectivity index (χ3n) is 4.42. The highest BCUT2D eigenvalue weighted by Gasteiger charge is 2.12. The number of aliphatic imine (C=N–C) groups is 1. The third kappa shape index (κ3) is 10.3. The van der Waals surface area contributed by atoms with Crippen molar-refractivity contribution in [2.24, 2.45) is 4.99 Å². The van der Waals surface area contributed by atoms with E-state index in [4.69, 9.17) is 4.74 Å². The zero-order valence-electron chi connectivity index (χ0n) is 16.0. The second-order valence-electron chi connectivity index (χ2n) is 6.58. The lowest BCUT2D eigenvalue weighted by atomic mass is 9.98. The average molecular weight is 478 g/mol. The van der Waals surface area contributed by atoms with Crippen LogP contribution in [0.25, 0.3) is 0 Å². The van der Waals surface area contributed by atoms with Gasteiger partial charge in [0.15, 0.2) is 5.96 Å². The zero-order valence-corrected chi connectivity index (χ0v) is 18.4. The molecule has 1 fully saturated rings. The van der Waals surface area contributed by atoms with Crippen LogP contribution in [0.2, 0.25) is 0 Å². The number of rotatable bonds is 11. The van der Waals surface area contributed by atoms with Gasteiger partial charge in [-0.25, -0.2) is 0 Å². The molecule has 1 aliphatic rings. The van der Waals surface area contributed by atoms with Crippen LogP contribution in [0.4, 0.5) is 0 Å². The normalized spacial score (nSPS) is 15.5. The number of unbranched alkanes of at least 4 members (excludes halogenated alkanes) is 1. The van der Waals surface area contributed by atoms with Crippen molar-refractivity contribution in [3.63, 3.8) is 0 Å². The number of nitrogens with one attached hydrogen (secondary N) is 2. The molecule has 0 amide bonds. The molecule has 0 spiro atoms. The van der Waals surface area contributed by atoms with E-state index in [2.05, 4.69) is 32.7 Å². The minimum absolute atomic E-state index is 0. The van der Waals surface area contributed by atoms with Crippen LogP contribution in [-0.2, 0) is 11.3 Å². The fraction of sp³-hybridized carbons (Fsp3) is 0.833. The van der Waals surface area contributed by atoms with Crippen molar-refractivity contribution in [2.75, 3.05) is 26.2 Å². The Morgan fingerprint density at radius 2 is 1.88 bits per heavy atom. The average Bonchev–Trinajstić information content (AvgIpc) is 3.15. The van der Waals surface area contributed by atoms with Crippen molar-refractivity contribution in [1.29, 1.82) is 0 Å². The van der Waals surface area contributed by atoms with Gasteiger partial charge in [0.2, 0.25) is 0 Å². The van der Waals surface area contributed by atoms with Crippen molar-refractivity contribution < 1.29 is 4.74 Å². The van der Waals surface area contributed by atoms with Gasteiger partial charge in [-0.1, -0.05) is 19.3 Å². The summed E-state index contributed by atoms with van der Waals surface area (Å²) in [6.07, 6.45) is 13.7. The molecule has 2 rings (SSSR count). The highest BCUT2D eigenvalue weighted by Crippen LogP contribution is 2.20. The summed E-state index contributed by atoms with van der Waals surface area (Å²) in [4.78, 5) is 4.63. The van der Waals surface area contributed by atoms with Gasteiger partial charge in [0.1, 0.15) is 12.7 Å². The van der Waals surface area contributed by atoms with Gasteiger partial charge in [0.05, 0.1) is 6.10 Å². The Labute approximate surface area is 174 Å². The minimum Gasteiger partial charge on any atom is -0.378 e. The highest BCUT2D eigenvalue weighted by molar-refractivity contribution is 14.0. The van der Waals surface area contributed by atoms with Gasteiger partial charge in [-0.2, -0.15) is 0 Å². The lowest BCUT2D eigenvalue weighted by molar-refractivity contribution is 0.0281. The second kappa shape index (κ2) is 15.2. The van der Waals surface area contributed by atoms with E-state index in [0.29, 0.717) is 6.10 Å². The zero-order chi connectivity index (χ0) is 17.6. The van der Waals surface area contributed by atoms with E-state index in [9.17, 15) is 0 Å². The van der Waals surface area contributed by atoms with Crippen LogP contribution in [-0.4, -0.2) is 53.1 Å². The van der Waals surface area contributed by atoms with Crippen molar-refractivity contribution >= 4 is 29.9 Å². The van der Waals surface area contributed by atoms with Crippen molar-refractivity contribution in [2.45, 2.75) is 70.9 Å². The molecule has 150 valence electrons. The summed E-state index contributed by atoms with van der Waals surface area (Å²) in [5.74, 6) is 0.907. The lowest BCUT2D eigenvalue weighted by Crippen LogP contribution is -2.38. The SMILES string of the molecule is CCNC(=NCCCOC1CCCCC1)NCCCCn1cnnc1.I. The molecule has 26 heavy (non-hydrogen) atoms. The lowest BCUT2D eigenvalue weighted by Gasteiger charge is -2.21. The molecule has 0 bridgehead atoms. The summed E-state index contributed by atoms with van der Waals surface area (Å²) >= 11 is 0. The number of halogens is 1. The van der Waals surface area contributed by atoms with E-state index in [1.165, 1.54) is 32.1 Å². The predicted octanol–water partition coefficient (Wildman–Crippen LogP) is 2.97. The minimum atomic E-state index is 0. The van der Waals surface area contributed by atoms with Crippen LogP contribution in [0.1, 0.15) is 58.3 Å². The van der Waals surface area contributed by atoms with Gasteiger partial charge in [-0.05, 0) is 39.0 Å². The molecule has 1 heterocycles. The quantitative estimate of drug-likeness (QED) is 0.221. The molecule has 8 heteroatoms. The molecule has 0 aliphatic heterocycles. The van der Waals surface area contributed by atoms with Crippen LogP contribution in [0.15, 0.2) is 17.6 Å². The molecule has 0 aromatic carbocycles. The smallest absolute Gasteiger partial charge is 0.191 e. The summed E-state index contributed by atoms with van der Waals surface area (Å²) in [6, 6.07) is 0. The number of aryl methyl sites for hydroxylation is 1. The maximum absolute atomic E-state index is 5.95. The monoisotopic (exact) mass is 478 g/mol. The first kappa shape index (κ1) is 23.1. The number of hydrogen-bond donors (Lipinski definition) is 2. The molecule has 0 unspecified atom stereocenters. The summed E-state index contributed by atoms with van der Waals surface area (Å²) < 4.78 is 7.96. The molecule has 1 aliphatic carbocycles. The fourth-order valence-electron chi connectivity index (χ4n) is 3.04. The van der Waals surface area contributed by atoms with Crippen LogP contribution < -0.4 is 10.6 Å². The molecule has 1 saturated carbocycles. The van der Waals surface area contributed by atoms with Gasteiger partial charge < -0.3 is 19.9 Å². The molecule has 0 radical (unpaired) electrons. The Morgan fingerprint density at radius 1 is 1.12 bits per heavy atom. The van der Waals surface area contributed by atoms with E-state index in [1.54, 1.807) is 12.7 Å². The summed E-state index contributed by atoms with van der Waals surface area (Å²) in [6.45, 7) is 6.49. The number of aromatic nitrogens is 3. The van der Waals surface area contributed by atoms with Crippen LogP contribution in [0, 0.1) is 0 Å². The molecular formula is C18H35IN6O. The highest BCUT2D eigenvalue weighted by atomic mass is 127. The Morgan fingerprint density at radius 3 is 2.62 bits per heavy atom. The molecule has 0 saturated heterocycles. The maximum Gasteiger partial charge on any atom is 0.191 e. The third-order valence-corrected chi connectivity index (χ3v) is 4.42. The van der Waals surface area contributed by atoms with Crippen LogP contribution >= 0.6 is 24.0 Å². The summed E-state index contributed by atoms with van der Waals surface area (Å²) in [7, 11) is 0. The Kier molecular flexibility index (Phi) is 13.5. The van der Waals surface area contributed by atoms with E-state index >= 15 is 0 Å². The van der Waals surface area contributed by atoms with Crippen molar-refractivity contribution in [1.82, 2.24) is 25.4 Å². The number of ether oxygens (including phenoxy) is 1. The maximum atomic E-state index is 5.95. The Hall–Kier alpha value is -0.900. The Bertz CT molecular complexity index is 462. The van der Waals surface area contributed by atoms with E-state index < -0.39 is 0 Å². The fourth-order valence-corrected chi connectivity index (χ4v) is 3.04. The summed E-state index contributed by atoms with van der Waals surface area (Å²) in [5.41, 5.74) is 0. The van der Waals surface area contributed by atoms with Crippen LogP contribution in [0.3, 0.4) is 0 Å². The van der Waals surface area contributed by atoms with Gasteiger partial charge in [0.25, 0.3) is 0 Å². The first-order chi connectivity index (χ1) is 12.4. The van der Waals surface area contributed by atoms with Gasteiger partial charge in [-0.15, -0.1) is 34.2 Å². The molecule has 7 nitrogen and oxygen atoms in total. The van der Waals surface area contributed by atoms with Gasteiger partial charge in [-0.3, -0.25) is 4.99 Å². The molecular weight excluding hydrogens is 443 g/mol. The molecule has 1 aromatic rings. The topological polar surface area (TPSA) is 76.4 Å². The standard InChI is InChI=1S/C18H34N6O.HI/c1-2-19-18(20-11-6-7-13-24-15-22-23-16-24)21-12-8-14-25-17-9-4-3-5-10-17;/h15-17H,2-14H2,1H3,(H2,19,20,21);1H. The Balaban J connectivity index is 0.00000338. The molecule has 0 atom stereocenters. The summed E-state index contributed by atoms with van der Waals surface area (Å²) in [5, 5.41) is 14.3. The number of hydrogen-bond acceptors (Lipinski definition) is 4. The van der Waals surface area contributed by atoms with E-state index in [0.717, 1.165) is 58.0 Å².